The zero-order valence-electron chi connectivity index (χ0n) is 9.49. The molecule has 0 fully saturated rings. The Morgan fingerprint density at radius 2 is 1.94 bits per heavy atom. The maximum absolute atomic E-state index is 13.3. The van der Waals surface area contributed by atoms with Crippen molar-refractivity contribution in [2.24, 2.45) is 0 Å². The number of benzene rings is 1. The molecule has 1 aromatic carbocycles. The molecule has 0 aliphatic rings. The van der Waals surface area contributed by atoms with E-state index in [9.17, 15) is 4.39 Å². The second-order valence-electron chi connectivity index (χ2n) is 2.87. The molecule has 0 amide bonds. The zero-order valence-corrected chi connectivity index (χ0v) is 11.3. The molecule has 0 aliphatic carbocycles. The summed E-state index contributed by atoms with van der Waals surface area (Å²) in [4.78, 5) is 0. The van der Waals surface area contributed by atoms with Crippen molar-refractivity contribution < 1.29 is 41.7 Å². The van der Waals surface area contributed by atoms with Gasteiger partial charge in [-0.05, 0) is 23.3 Å². The minimum absolute atomic E-state index is 0. The summed E-state index contributed by atoms with van der Waals surface area (Å²) < 4.78 is 13.3. The van der Waals surface area contributed by atoms with Gasteiger partial charge in [0.25, 0.3) is 0 Å². The first-order chi connectivity index (χ1) is 7.22. The summed E-state index contributed by atoms with van der Waals surface area (Å²) in [7, 11) is 0. The van der Waals surface area contributed by atoms with E-state index >= 15 is 0 Å². The van der Waals surface area contributed by atoms with Crippen LogP contribution < -0.4 is 0 Å². The van der Waals surface area contributed by atoms with Crippen molar-refractivity contribution >= 4 is 5.57 Å². The maximum atomic E-state index is 13.3. The number of halogens is 1. The fraction of sp³-hybridized carbons (Fsp3) is 0.0667. The van der Waals surface area contributed by atoms with E-state index in [0.717, 1.165) is 5.57 Å². The van der Waals surface area contributed by atoms with Crippen LogP contribution in [0.5, 0.6) is 0 Å². The van der Waals surface area contributed by atoms with Crippen LogP contribution in [0.3, 0.4) is 0 Å². The number of hydrogen-bond donors (Lipinski definition) is 0. The first-order valence-electron chi connectivity index (χ1n) is 4.38. The van der Waals surface area contributed by atoms with E-state index in [1.165, 1.54) is 12.1 Å². The van der Waals surface area contributed by atoms with E-state index in [1.54, 1.807) is 30.4 Å². The summed E-state index contributed by atoms with van der Waals surface area (Å²) in [6.45, 7) is 7.18. The molecule has 0 bridgehead atoms. The van der Waals surface area contributed by atoms with Gasteiger partial charge in [0, 0.05) is 37.3 Å². The SMILES string of the molecule is C.C=C/C=C(\C=C)c1ccc(C#N)c(F)c1.[CH3-].[Er]. The molecule has 1 aromatic rings. The quantitative estimate of drug-likeness (QED) is 0.543. The van der Waals surface area contributed by atoms with Crippen LogP contribution in [0.2, 0.25) is 0 Å². The van der Waals surface area contributed by atoms with Gasteiger partial charge in [0.1, 0.15) is 11.9 Å². The zero-order chi connectivity index (χ0) is 11.3. The molecule has 18 heavy (non-hydrogen) atoms. The van der Waals surface area contributed by atoms with Crippen molar-refractivity contribution in [1.29, 1.82) is 5.26 Å². The Hall–Kier alpha value is -0.893. The second kappa shape index (κ2) is 11.2. The van der Waals surface area contributed by atoms with E-state index in [-0.39, 0.29) is 57.7 Å². The van der Waals surface area contributed by atoms with Gasteiger partial charge in [0.2, 0.25) is 0 Å². The molecule has 0 radical (unpaired) electrons. The normalized spacial score (nSPS) is 8.78. The van der Waals surface area contributed by atoms with Gasteiger partial charge in [0.05, 0.1) is 5.56 Å². The van der Waals surface area contributed by atoms with Gasteiger partial charge in [-0.25, -0.2) is 4.39 Å². The predicted octanol–water partition coefficient (Wildman–Crippen LogP) is 4.54. The number of nitrogens with zero attached hydrogens (tertiary/aromatic N) is 1. The third-order valence-corrected chi connectivity index (χ3v) is 1.94. The number of rotatable bonds is 3. The average Bonchev–Trinajstić information content (AvgIpc) is 2.25. The van der Waals surface area contributed by atoms with Gasteiger partial charge < -0.3 is 7.43 Å². The van der Waals surface area contributed by atoms with Gasteiger partial charge in [-0.1, -0.05) is 44.9 Å². The van der Waals surface area contributed by atoms with E-state index < -0.39 is 5.82 Å². The van der Waals surface area contributed by atoms with Gasteiger partial charge in [-0.2, -0.15) is 5.26 Å². The largest absolute Gasteiger partial charge is 0.358 e. The predicted molar refractivity (Wildman–Crippen MR) is 72.6 cm³/mol. The molecule has 0 unspecified atom stereocenters. The third-order valence-electron chi connectivity index (χ3n) is 1.94. The fourth-order valence-corrected chi connectivity index (χ4v) is 1.19. The average molecular weight is 398 g/mol. The van der Waals surface area contributed by atoms with Crippen LogP contribution in [0.25, 0.3) is 5.57 Å². The molecule has 0 aromatic heterocycles. The van der Waals surface area contributed by atoms with Crippen molar-refractivity contribution in [2.75, 3.05) is 0 Å². The second-order valence-corrected chi connectivity index (χ2v) is 2.87. The molecular formula is C15H17ErFN-. The molecule has 0 N–H and O–H groups in total. The summed E-state index contributed by atoms with van der Waals surface area (Å²) in [5.41, 5.74) is 1.50. The monoisotopic (exact) mass is 396 g/mol. The molecule has 1 nitrogen and oxygen atoms in total. The molecule has 0 atom stereocenters. The van der Waals surface area contributed by atoms with Crippen LogP contribution in [0.15, 0.2) is 49.6 Å². The Morgan fingerprint density at radius 1 is 1.33 bits per heavy atom. The van der Waals surface area contributed by atoms with Crippen LogP contribution in [0.1, 0.15) is 18.6 Å². The Morgan fingerprint density at radius 3 is 2.33 bits per heavy atom. The summed E-state index contributed by atoms with van der Waals surface area (Å²) in [5, 5.41) is 8.57. The maximum Gasteiger partial charge on any atom is 0.141 e. The molecule has 0 aliphatic heterocycles. The number of hydrogen-bond acceptors (Lipinski definition) is 1. The molecule has 0 heterocycles. The fourth-order valence-electron chi connectivity index (χ4n) is 1.19. The van der Waals surface area contributed by atoms with Crippen molar-refractivity contribution in [3.63, 3.8) is 0 Å². The summed E-state index contributed by atoms with van der Waals surface area (Å²) in [6.07, 6.45) is 4.95. The summed E-state index contributed by atoms with van der Waals surface area (Å²) in [6, 6.07) is 6.21. The van der Waals surface area contributed by atoms with Crippen LogP contribution in [-0.2, 0) is 0 Å². The standard InChI is InChI=1S/C13H10FN.CH4.CH3.Er/c1-3-5-10(4-2)11-6-7-12(9-15)13(14)8-11;;;/h3-8H,1-2H2;1H4;1H3;/q;;-1;/b10-5+;;;. The summed E-state index contributed by atoms with van der Waals surface area (Å²) >= 11 is 0. The van der Waals surface area contributed by atoms with Crippen LogP contribution in [0, 0.1) is 61.9 Å². The first-order valence-corrected chi connectivity index (χ1v) is 4.38. The Labute approximate surface area is 139 Å². The smallest absolute Gasteiger partial charge is 0.141 e. The van der Waals surface area contributed by atoms with E-state index in [4.69, 9.17) is 5.26 Å². The van der Waals surface area contributed by atoms with Gasteiger partial charge >= 0.3 is 0 Å². The van der Waals surface area contributed by atoms with Crippen molar-refractivity contribution in [3.05, 3.63) is 74.0 Å². The molecule has 3 heteroatoms. The van der Waals surface area contributed by atoms with E-state index in [1.807, 2.05) is 0 Å². The Kier molecular flexibility index (Phi) is 13.9. The van der Waals surface area contributed by atoms with Gasteiger partial charge in [0.15, 0.2) is 0 Å². The van der Waals surface area contributed by atoms with Crippen molar-refractivity contribution in [3.8, 4) is 6.07 Å². The minimum Gasteiger partial charge on any atom is -0.358 e. The number of nitriles is 1. The van der Waals surface area contributed by atoms with Crippen LogP contribution in [-0.4, -0.2) is 0 Å². The van der Waals surface area contributed by atoms with Crippen LogP contribution >= 0.6 is 0 Å². The first kappa shape index (κ1) is 22.3. The van der Waals surface area contributed by atoms with Gasteiger partial charge in [-0.3, -0.25) is 0 Å². The Bertz CT molecular complexity index is 470. The minimum atomic E-state index is -0.521. The molecule has 0 spiro atoms. The van der Waals surface area contributed by atoms with Crippen molar-refractivity contribution in [2.45, 2.75) is 7.43 Å². The molecule has 1 rings (SSSR count). The molecule has 0 saturated carbocycles. The van der Waals surface area contributed by atoms with E-state index in [0.29, 0.717) is 5.56 Å². The van der Waals surface area contributed by atoms with Gasteiger partial charge in [-0.15, -0.1) is 0 Å². The number of allylic oxidation sites excluding steroid dienone is 4. The topological polar surface area (TPSA) is 23.8 Å². The van der Waals surface area contributed by atoms with Crippen molar-refractivity contribution in [1.82, 2.24) is 0 Å². The van der Waals surface area contributed by atoms with E-state index in [2.05, 4.69) is 13.2 Å². The third kappa shape index (κ3) is 5.63. The molecular weight excluding hydrogens is 380 g/mol. The molecule has 0 saturated heterocycles. The Balaban J connectivity index is -0.000000750. The summed E-state index contributed by atoms with van der Waals surface area (Å²) in [5.74, 6) is -0.521. The molecule has 102 valence electrons. The van der Waals surface area contributed by atoms with Crippen LogP contribution in [0.4, 0.5) is 4.39 Å².